The van der Waals surface area contributed by atoms with Gasteiger partial charge in [0.2, 0.25) is 0 Å². The summed E-state index contributed by atoms with van der Waals surface area (Å²) in [5.74, 6) is 1.57. The van der Waals surface area contributed by atoms with Crippen molar-refractivity contribution >= 4 is 23.1 Å². The van der Waals surface area contributed by atoms with Crippen LogP contribution < -0.4 is 20.1 Å². The van der Waals surface area contributed by atoms with E-state index < -0.39 is 0 Å². The molecular formula is C22H23N3O3. The molecule has 0 radical (unpaired) electrons. The number of carbonyl (C=O) groups excluding carboxylic acids is 1. The maximum atomic E-state index is 12.5. The van der Waals surface area contributed by atoms with E-state index >= 15 is 0 Å². The van der Waals surface area contributed by atoms with Crippen LogP contribution in [0, 0.1) is 13.8 Å². The third kappa shape index (κ3) is 4.40. The molecule has 0 spiro atoms. The average molecular weight is 377 g/mol. The highest BCUT2D eigenvalue weighted by molar-refractivity contribution is 6.05. The number of ether oxygens (including phenoxy) is 2. The summed E-state index contributed by atoms with van der Waals surface area (Å²) >= 11 is 0. The minimum Gasteiger partial charge on any atom is -0.497 e. The third-order valence-electron chi connectivity index (χ3n) is 4.46. The van der Waals surface area contributed by atoms with Gasteiger partial charge >= 0.3 is 0 Å². The summed E-state index contributed by atoms with van der Waals surface area (Å²) in [6.07, 6.45) is 1.54. The van der Waals surface area contributed by atoms with Crippen molar-refractivity contribution in [3.05, 3.63) is 71.4 Å². The zero-order valence-corrected chi connectivity index (χ0v) is 16.4. The molecule has 0 atom stereocenters. The SMILES string of the molecule is COc1ccc(NC(=O)c2ccc(Nc3ccc(C)c(C)c3)nc2)c(OC)c1. The minimum atomic E-state index is -0.270. The van der Waals surface area contributed by atoms with Crippen molar-refractivity contribution in [1.29, 1.82) is 0 Å². The van der Waals surface area contributed by atoms with Crippen molar-refractivity contribution in [2.75, 3.05) is 24.9 Å². The Bertz CT molecular complexity index is 985. The molecular weight excluding hydrogens is 354 g/mol. The molecule has 0 fully saturated rings. The lowest BCUT2D eigenvalue weighted by Gasteiger charge is -2.12. The fourth-order valence-electron chi connectivity index (χ4n) is 2.67. The first kappa shape index (κ1) is 19.2. The van der Waals surface area contributed by atoms with Crippen LogP contribution >= 0.6 is 0 Å². The molecule has 3 rings (SSSR count). The van der Waals surface area contributed by atoms with E-state index in [0.717, 1.165) is 5.69 Å². The molecule has 6 heteroatoms. The van der Waals surface area contributed by atoms with Crippen LogP contribution in [0.25, 0.3) is 0 Å². The summed E-state index contributed by atoms with van der Waals surface area (Å²) in [6, 6.07) is 14.8. The van der Waals surface area contributed by atoms with Crippen molar-refractivity contribution in [2.24, 2.45) is 0 Å². The van der Waals surface area contributed by atoms with Gasteiger partial charge in [-0.05, 0) is 61.4 Å². The summed E-state index contributed by atoms with van der Waals surface area (Å²) < 4.78 is 10.5. The number of aromatic nitrogens is 1. The Labute approximate surface area is 164 Å². The molecule has 2 aromatic carbocycles. The molecule has 1 heterocycles. The van der Waals surface area contributed by atoms with Crippen LogP contribution in [0.2, 0.25) is 0 Å². The van der Waals surface area contributed by atoms with E-state index in [0.29, 0.717) is 28.6 Å². The number of pyridine rings is 1. The first-order chi connectivity index (χ1) is 13.5. The van der Waals surface area contributed by atoms with Crippen LogP contribution in [0.15, 0.2) is 54.7 Å². The van der Waals surface area contributed by atoms with Gasteiger partial charge < -0.3 is 20.1 Å². The van der Waals surface area contributed by atoms with Gasteiger partial charge in [0.15, 0.2) is 0 Å². The zero-order valence-electron chi connectivity index (χ0n) is 16.4. The lowest BCUT2D eigenvalue weighted by atomic mass is 10.1. The molecule has 1 aromatic heterocycles. The van der Waals surface area contributed by atoms with Crippen molar-refractivity contribution in [2.45, 2.75) is 13.8 Å². The molecule has 0 aliphatic heterocycles. The average Bonchev–Trinajstić information content (AvgIpc) is 2.71. The van der Waals surface area contributed by atoms with E-state index in [9.17, 15) is 4.79 Å². The number of amides is 1. The smallest absolute Gasteiger partial charge is 0.257 e. The topological polar surface area (TPSA) is 72.5 Å². The predicted octanol–water partition coefficient (Wildman–Crippen LogP) is 4.71. The Morgan fingerprint density at radius 2 is 1.75 bits per heavy atom. The third-order valence-corrected chi connectivity index (χ3v) is 4.46. The van der Waals surface area contributed by atoms with Crippen LogP contribution in [0.3, 0.4) is 0 Å². The van der Waals surface area contributed by atoms with Gasteiger partial charge in [-0.15, -0.1) is 0 Å². The highest BCUT2D eigenvalue weighted by Gasteiger charge is 2.11. The number of rotatable bonds is 6. The predicted molar refractivity (Wildman–Crippen MR) is 111 cm³/mol. The maximum absolute atomic E-state index is 12.5. The van der Waals surface area contributed by atoms with Crippen molar-refractivity contribution in [3.8, 4) is 11.5 Å². The number of hydrogen-bond donors (Lipinski definition) is 2. The van der Waals surface area contributed by atoms with Gasteiger partial charge in [0.1, 0.15) is 17.3 Å². The second-order valence-corrected chi connectivity index (χ2v) is 6.38. The van der Waals surface area contributed by atoms with Crippen LogP contribution in [0.1, 0.15) is 21.5 Å². The van der Waals surface area contributed by atoms with Crippen LogP contribution in [0.5, 0.6) is 11.5 Å². The fraction of sp³-hybridized carbons (Fsp3) is 0.182. The fourth-order valence-corrected chi connectivity index (χ4v) is 2.67. The number of benzene rings is 2. The highest BCUT2D eigenvalue weighted by atomic mass is 16.5. The molecule has 1 amide bonds. The van der Waals surface area contributed by atoms with E-state index in [4.69, 9.17) is 9.47 Å². The number of hydrogen-bond acceptors (Lipinski definition) is 5. The van der Waals surface area contributed by atoms with Crippen LogP contribution in [-0.4, -0.2) is 25.1 Å². The lowest BCUT2D eigenvalue weighted by Crippen LogP contribution is -2.13. The van der Waals surface area contributed by atoms with E-state index in [-0.39, 0.29) is 5.91 Å². The molecule has 0 aliphatic rings. The standard InChI is InChI=1S/C22H23N3O3/c1-14-5-7-17(11-15(14)2)24-21-10-6-16(13-23-21)22(26)25-19-9-8-18(27-3)12-20(19)28-4/h5-13H,1-4H3,(H,23,24)(H,25,26). The largest absolute Gasteiger partial charge is 0.497 e. The van der Waals surface area contributed by atoms with Crippen molar-refractivity contribution in [3.63, 3.8) is 0 Å². The summed E-state index contributed by atoms with van der Waals surface area (Å²) in [7, 11) is 3.12. The van der Waals surface area contributed by atoms with Crippen molar-refractivity contribution < 1.29 is 14.3 Å². The number of anilines is 3. The Morgan fingerprint density at radius 1 is 0.929 bits per heavy atom. The summed E-state index contributed by atoms with van der Waals surface area (Å²) in [4.78, 5) is 16.9. The van der Waals surface area contributed by atoms with E-state index in [1.807, 2.05) is 6.07 Å². The molecule has 28 heavy (non-hydrogen) atoms. The molecule has 2 N–H and O–H groups in total. The molecule has 0 aliphatic carbocycles. The number of methoxy groups -OCH3 is 2. The lowest BCUT2D eigenvalue weighted by molar-refractivity contribution is 0.102. The van der Waals surface area contributed by atoms with Gasteiger partial charge in [-0.2, -0.15) is 0 Å². The molecule has 0 saturated carbocycles. The van der Waals surface area contributed by atoms with Gasteiger partial charge in [0.05, 0.1) is 25.5 Å². The van der Waals surface area contributed by atoms with Gasteiger partial charge in [-0.1, -0.05) is 6.07 Å². The van der Waals surface area contributed by atoms with E-state index in [1.54, 1.807) is 44.6 Å². The Morgan fingerprint density at radius 3 is 2.39 bits per heavy atom. The maximum Gasteiger partial charge on any atom is 0.257 e. The second kappa shape index (κ2) is 8.43. The number of nitrogens with zero attached hydrogens (tertiary/aromatic N) is 1. The van der Waals surface area contributed by atoms with Gasteiger partial charge in [0, 0.05) is 18.0 Å². The molecule has 0 saturated heterocycles. The quantitative estimate of drug-likeness (QED) is 0.651. The molecule has 3 aromatic rings. The first-order valence-corrected chi connectivity index (χ1v) is 8.84. The molecule has 6 nitrogen and oxygen atoms in total. The normalized spacial score (nSPS) is 10.3. The second-order valence-electron chi connectivity index (χ2n) is 6.38. The van der Waals surface area contributed by atoms with Gasteiger partial charge in [-0.25, -0.2) is 4.98 Å². The molecule has 0 bridgehead atoms. The number of aryl methyl sites for hydroxylation is 2. The zero-order chi connectivity index (χ0) is 20.1. The summed E-state index contributed by atoms with van der Waals surface area (Å²) in [5.41, 5.74) is 4.40. The van der Waals surface area contributed by atoms with E-state index in [2.05, 4.69) is 41.6 Å². The van der Waals surface area contributed by atoms with Crippen molar-refractivity contribution in [1.82, 2.24) is 4.98 Å². The van der Waals surface area contributed by atoms with E-state index in [1.165, 1.54) is 17.3 Å². The van der Waals surface area contributed by atoms with Gasteiger partial charge in [-0.3, -0.25) is 4.79 Å². The van der Waals surface area contributed by atoms with Crippen LogP contribution in [0.4, 0.5) is 17.2 Å². The highest BCUT2D eigenvalue weighted by Crippen LogP contribution is 2.29. The molecule has 144 valence electrons. The van der Waals surface area contributed by atoms with Gasteiger partial charge in [0.25, 0.3) is 5.91 Å². The Balaban J connectivity index is 1.70. The number of nitrogens with one attached hydrogen (secondary N) is 2. The Hall–Kier alpha value is -3.54. The monoisotopic (exact) mass is 377 g/mol. The van der Waals surface area contributed by atoms with Crippen LogP contribution in [-0.2, 0) is 0 Å². The molecule has 0 unspecified atom stereocenters. The number of carbonyl (C=O) groups is 1. The Kier molecular flexibility index (Phi) is 5.79. The minimum absolute atomic E-state index is 0.270. The summed E-state index contributed by atoms with van der Waals surface area (Å²) in [6.45, 7) is 4.14. The first-order valence-electron chi connectivity index (χ1n) is 8.84. The summed E-state index contributed by atoms with van der Waals surface area (Å²) in [5, 5.41) is 6.07.